The van der Waals surface area contributed by atoms with Crippen LogP contribution in [-0.2, 0) is 0 Å². The minimum atomic E-state index is -0.318. The molecule has 1 aromatic rings. The Morgan fingerprint density at radius 1 is 1.31 bits per heavy atom. The van der Waals surface area contributed by atoms with E-state index in [9.17, 15) is 0 Å². The quantitative estimate of drug-likeness (QED) is 0.736. The Morgan fingerprint density at radius 2 is 1.85 bits per heavy atom. The van der Waals surface area contributed by atoms with Crippen LogP contribution < -0.4 is 11.5 Å². The molecule has 13 heavy (non-hydrogen) atoms. The van der Waals surface area contributed by atoms with Gasteiger partial charge in [-0.25, -0.2) is 0 Å². The van der Waals surface area contributed by atoms with Crippen molar-refractivity contribution < 1.29 is 0 Å². The second kappa shape index (κ2) is 3.90. The summed E-state index contributed by atoms with van der Waals surface area (Å²) in [7, 11) is 0. The highest BCUT2D eigenvalue weighted by Gasteiger charge is 2.25. The number of rotatable bonds is 3. The van der Waals surface area contributed by atoms with Crippen LogP contribution >= 0.6 is 0 Å². The summed E-state index contributed by atoms with van der Waals surface area (Å²) in [6.45, 7) is 4.61. The van der Waals surface area contributed by atoms with E-state index < -0.39 is 0 Å². The van der Waals surface area contributed by atoms with Crippen molar-refractivity contribution in [3.05, 3.63) is 35.9 Å². The second-order valence-electron chi connectivity index (χ2n) is 3.84. The SMILES string of the molecule is CC(c1ccccc1)C(C)(N)CN. The zero-order valence-corrected chi connectivity index (χ0v) is 8.33. The van der Waals surface area contributed by atoms with Crippen molar-refractivity contribution in [1.82, 2.24) is 0 Å². The van der Waals surface area contributed by atoms with Crippen molar-refractivity contribution in [3.63, 3.8) is 0 Å². The van der Waals surface area contributed by atoms with Crippen LogP contribution in [0.2, 0.25) is 0 Å². The zero-order valence-electron chi connectivity index (χ0n) is 8.33. The lowest BCUT2D eigenvalue weighted by Gasteiger charge is -2.30. The summed E-state index contributed by atoms with van der Waals surface area (Å²) in [5, 5.41) is 0. The van der Waals surface area contributed by atoms with Crippen LogP contribution in [0, 0.1) is 0 Å². The fraction of sp³-hybridized carbons (Fsp3) is 0.455. The molecule has 1 rings (SSSR count). The molecule has 0 bridgehead atoms. The zero-order chi connectivity index (χ0) is 9.90. The Kier molecular flexibility index (Phi) is 3.07. The molecule has 0 saturated heterocycles. The molecule has 4 N–H and O–H groups in total. The van der Waals surface area contributed by atoms with Crippen LogP contribution in [0.4, 0.5) is 0 Å². The molecule has 0 amide bonds. The summed E-state index contributed by atoms with van der Waals surface area (Å²) >= 11 is 0. The van der Waals surface area contributed by atoms with E-state index in [0.29, 0.717) is 12.5 Å². The van der Waals surface area contributed by atoms with Gasteiger partial charge in [0.1, 0.15) is 0 Å². The van der Waals surface area contributed by atoms with Gasteiger partial charge in [0.15, 0.2) is 0 Å². The molecular weight excluding hydrogens is 160 g/mol. The van der Waals surface area contributed by atoms with E-state index >= 15 is 0 Å². The summed E-state index contributed by atoms with van der Waals surface area (Å²) in [5.41, 5.74) is 12.6. The second-order valence-corrected chi connectivity index (χ2v) is 3.84. The highest BCUT2D eigenvalue weighted by Crippen LogP contribution is 2.24. The maximum atomic E-state index is 6.07. The van der Waals surface area contributed by atoms with Gasteiger partial charge in [0.05, 0.1) is 0 Å². The minimum absolute atomic E-state index is 0.290. The van der Waals surface area contributed by atoms with Gasteiger partial charge in [0, 0.05) is 18.0 Å². The average Bonchev–Trinajstić information content (AvgIpc) is 2.18. The van der Waals surface area contributed by atoms with Crippen molar-refractivity contribution >= 4 is 0 Å². The van der Waals surface area contributed by atoms with Crippen LogP contribution in [0.25, 0.3) is 0 Å². The summed E-state index contributed by atoms with van der Waals surface area (Å²) in [4.78, 5) is 0. The third-order valence-corrected chi connectivity index (χ3v) is 2.73. The summed E-state index contributed by atoms with van der Waals surface area (Å²) in [6.07, 6.45) is 0. The van der Waals surface area contributed by atoms with Gasteiger partial charge in [-0.1, -0.05) is 37.3 Å². The van der Waals surface area contributed by atoms with Gasteiger partial charge in [-0.15, -0.1) is 0 Å². The first kappa shape index (κ1) is 10.2. The van der Waals surface area contributed by atoms with Crippen LogP contribution in [0.15, 0.2) is 30.3 Å². The predicted molar refractivity (Wildman–Crippen MR) is 56.5 cm³/mol. The smallest absolute Gasteiger partial charge is 0.0316 e. The van der Waals surface area contributed by atoms with Crippen molar-refractivity contribution in [2.24, 2.45) is 11.5 Å². The lowest BCUT2D eigenvalue weighted by atomic mass is 9.83. The number of hydrogen-bond acceptors (Lipinski definition) is 2. The van der Waals surface area contributed by atoms with Gasteiger partial charge in [-0.2, -0.15) is 0 Å². The van der Waals surface area contributed by atoms with E-state index in [2.05, 4.69) is 19.1 Å². The topological polar surface area (TPSA) is 52.0 Å². The third kappa shape index (κ3) is 2.29. The maximum absolute atomic E-state index is 6.07. The molecule has 0 radical (unpaired) electrons. The number of nitrogens with two attached hydrogens (primary N) is 2. The fourth-order valence-electron chi connectivity index (χ4n) is 1.30. The molecule has 2 unspecified atom stereocenters. The number of benzene rings is 1. The predicted octanol–water partition coefficient (Wildman–Crippen LogP) is 1.47. The molecule has 0 saturated carbocycles. The molecule has 0 aromatic heterocycles. The molecule has 2 atom stereocenters. The van der Waals surface area contributed by atoms with Crippen LogP contribution in [0.3, 0.4) is 0 Å². The molecule has 0 heterocycles. The van der Waals surface area contributed by atoms with E-state index in [1.165, 1.54) is 5.56 Å². The van der Waals surface area contributed by atoms with Crippen molar-refractivity contribution in [2.45, 2.75) is 25.3 Å². The molecule has 72 valence electrons. The largest absolute Gasteiger partial charge is 0.329 e. The molecule has 0 spiro atoms. The Bertz CT molecular complexity index is 254. The molecule has 2 nitrogen and oxygen atoms in total. The van der Waals surface area contributed by atoms with Gasteiger partial charge in [-0.3, -0.25) is 0 Å². The molecule has 0 aliphatic heterocycles. The Morgan fingerprint density at radius 3 is 2.31 bits per heavy atom. The molecule has 0 fully saturated rings. The lowest BCUT2D eigenvalue weighted by Crippen LogP contribution is -2.48. The van der Waals surface area contributed by atoms with Crippen LogP contribution in [0.1, 0.15) is 25.3 Å². The average molecular weight is 178 g/mol. The first-order chi connectivity index (χ1) is 6.08. The van der Waals surface area contributed by atoms with Gasteiger partial charge in [0.25, 0.3) is 0 Å². The third-order valence-electron chi connectivity index (χ3n) is 2.73. The monoisotopic (exact) mass is 178 g/mol. The van der Waals surface area contributed by atoms with Crippen molar-refractivity contribution in [1.29, 1.82) is 0 Å². The Balaban J connectivity index is 2.85. The molecule has 2 heteroatoms. The fourth-order valence-corrected chi connectivity index (χ4v) is 1.30. The molecule has 0 aliphatic rings. The van der Waals surface area contributed by atoms with E-state index in [0.717, 1.165) is 0 Å². The highest BCUT2D eigenvalue weighted by atomic mass is 14.8. The molecule has 0 aliphatic carbocycles. The first-order valence-corrected chi connectivity index (χ1v) is 4.62. The standard InChI is InChI=1S/C11H18N2/c1-9(11(2,13)8-12)10-6-4-3-5-7-10/h3-7,9H,8,12-13H2,1-2H3. The number of hydrogen-bond donors (Lipinski definition) is 2. The lowest BCUT2D eigenvalue weighted by molar-refractivity contribution is 0.406. The maximum Gasteiger partial charge on any atom is 0.0316 e. The van der Waals surface area contributed by atoms with Crippen LogP contribution in [0.5, 0.6) is 0 Å². The molecule has 1 aromatic carbocycles. The van der Waals surface area contributed by atoms with Gasteiger partial charge in [-0.05, 0) is 12.5 Å². The minimum Gasteiger partial charge on any atom is -0.329 e. The van der Waals surface area contributed by atoms with Crippen LogP contribution in [-0.4, -0.2) is 12.1 Å². The summed E-state index contributed by atoms with van der Waals surface area (Å²) in [6, 6.07) is 10.2. The Labute approximate surface area is 79.9 Å². The molecular formula is C11H18N2. The van der Waals surface area contributed by atoms with E-state index in [1.807, 2.05) is 25.1 Å². The Hall–Kier alpha value is -0.860. The van der Waals surface area contributed by atoms with Gasteiger partial charge in [0.2, 0.25) is 0 Å². The van der Waals surface area contributed by atoms with Gasteiger partial charge < -0.3 is 11.5 Å². The van der Waals surface area contributed by atoms with E-state index in [1.54, 1.807) is 0 Å². The van der Waals surface area contributed by atoms with E-state index in [4.69, 9.17) is 11.5 Å². The van der Waals surface area contributed by atoms with Crippen molar-refractivity contribution in [2.75, 3.05) is 6.54 Å². The summed E-state index contributed by atoms with van der Waals surface area (Å²) in [5.74, 6) is 0.290. The normalized spacial score (nSPS) is 17.8. The summed E-state index contributed by atoms with van der Waals surface area (Å²) < 4.78 is 0. The van der Waals surface area contributed by atoms with Crippen molar-refractivity contribution in [3.8, 4) is 0 Å². The first-order valence-electron chi connectivity index (χ1n) is 4.62. The highest BCUT2D eigenvalue weighted by molar-refractivity contribution is 5.22. The van der Waals surface area contributed by atoms with Gasteiger partial charge >= 0.3 is 0 Å². The van der Waals surface area contributed by atoms with E-state index in [-0.39, 0.29) is 5.54 Å².